The van der Waals surface area contributed by atoms with Gasteiger partial charge in [-0.15, -0.1) is 0 Å². The summed E-state index contributed by atoms with van der Waals surface area (Å²) in [6.07, 6.45) is 6.16. The van der Waals surface area contributed by atoms with Crippen LogP contribution in [0.1, 0.15) is 44.9 Å². The highest BCUT2D eigenvalue weighted by atomic mass is 35.5. The summed E-state index contributed by atoms with van der Waals surface area (Å²) in [5.74, 6) is 0.864. The lowest BCUT2D eigenvalue weighted by Gasteiger charge is -2.33. The van der Waals surface area contributed by atoms with Crippen LogP contribution < -0.4 is 5.32 Å². The van der Waals surface area contributed by atoms with Crippen LogP contribution in [0.2, 0.25) is 5.02 Å². The molecule has 3 aliphatic carbocycles. The van der Waals surface area contributed by atoms with E-state index in [9.17, 15) is 14.4 Å². The number of fused-ring (bicyclic) bond motifs is 5. The van der Waals surface area contributed by atoms with Crippen molar-refractivity contribution >= 4 is 35.0 Å². The van der Waals surface area contributed by atoms with Crippen LogP contribution in [0.5, 0.6) is 0 Å². The number of hydrogen-bond acceptors (Lipinski definition) is 3. The molecule has 5 nitrogen and oxygen atoms in total. The third-order valence-electron chi connectivity index (χ3n) is 7.51. The molecule has 28 heavy (non-hydrogen) atoms. The van der Waals surface area contributed by atoms with Gasteiger partial charge in [-0.05, 0) is 81.0 Å². The number of hydrogen-bond donors (Lipinski definition) is 1. The Bertz CT molecular complexity index is 788. The third-order valence-corrected chi connectivity index (χ3v) is 7.76. The molecule has 1 aliphatic heterocycles. The van der Waals surface area contributed by atoms with Crippen molar-refractivity contribution in [1.29, 1.82) is 0 Å². The van der Waals surface area contributed by atoms with E-state index in [2.05, 4.69) is 5.32 Å². The summed E-state index contributed by atoms with van der Waals surface area (Å²) in [4.78, 5) is 40.1. The third kappa shape index (κ3) is 2.86. The number of nitrogens with zero attached hydrogens (tertiary/aromatic N) is 1. The second-order valence-corrected chi connectivity index (χ2v) is 9.37. The minimum absolute atomic E-state index is 0.00904. The molecule has 1 aromatic rings. The number of imide groups is 1. The van der Waals surface area contributed by atoms with Crippen LogP contribution in [-0.2, 0) is 14.4 Å². The van der Waals surface area contributed by atoms with Crippen molar-refractivity contribution in [1.82, 2.24) is 4.90 Å². The quantitative estimate of drug-likeness (QED) is 0.783. The van der Waals surface area contributed by atoms with Gasteiger partial charge in [0, 0.05) is 22.7 Å². The molecule has 4 atom stereocenters. The fourth-order valence-electron chi connectivity index (χ4n) is 6.17. The van der Waals surface area contributed by atoms with Gasteiger partial charge in [0.25, 0.3) is 0 Å². The lowest BCUT2D eigenvalue weighted by atomic mass is 9.81. The number of anilines is 1. The van der Waals surface area contributed by atoms with E-state index in [4.69, 9.17) is 11.6 Å². The largest absolute Gasteiger partial charge is 0.326 e. The Hall–Kier alpha value is -1.88. The van der Waals surface area contributed by atoms with Crippen LogP contribution in [-0.4, -0.2) is 28.7 Å². The van der Waals surface area contributed by atoms with E-state index in [0.29, 0.717) is 29.7 Å². The van der Waals surface area contributed by atoms with E-state index in [1.807, 2.05) is 0 Å². The summed E-state index contributed by atoms with van der Waals surface area (Å²) in [6.45, 7) is 0. The first-order chi connectivity index (χ1) is 13.5. The van der Waals surface area contributed by atoms with Gasteiger partial charge in [0.15, 0.2) is 0 Å². The molecule has 5 rings (SSSR count). The van der Waals surface area contributed by atoms with Crippen LogP contribution >= 0.6 is 11.6 Å². The first-order valence-electron chi connectivity index (χ1n) is 10.5. The predicted octanol–water partition coefficient (Wildman–Crippen LogP) is 3.87. The van der Waals surface area contributed by atoms with Crippen LogP contribution in [0.4, 0.5) is 5.69 Å². The van der Waals surface area contributed by atoms with E-state index in [-0.39, 0.29) is 41.5 Å². The highest BCUT2D eigenvalue weighted by molar-refractivity contribution is 6.30. The van der Waals surface area contributed by atoms with Crippen molar-refractivity contribution in [3.8, 4) is 0 Å². The SMILES string of the molecule is O=C(Nc1ccc(Cl)cc1)C1CCC(N2C(=O)[C@@H]3[C@H]4CC[C@@H](C4)[C@@H]3C2=O)CC1. The molecule has 148 valence electrons. The minimum atomic E-state index is -0.0737. The molecule has 0 spiro atoms. The molecule has 3 amide bonds. The second kappa shape index (κ2) is 6.87. The fourth-order valence-corrected chi connectivity index (χ4v) is 6.29. The van der Waals surface area contributed by atoms with E-state index in [0.717, 1.165) is 37.8 Å². The predicted molar refractivity (Wildman–Crippen MR) is 105 cm³/mol. The zero-order valence-electron chi connectivity index (χ0n) is 15.8. The number of likely N-dealkylation sites (tertiary alicyclic amines) is 1. The van der Waals surface area contributed by atoms with Crippen molar-refractivity contribution in [3.05, 3.63) is 29.3 Å². The molecule has 6 heteroatoms. The standard InChI is InChI=1S/C22H25ClN2O3/c23-15-5-7-16(8-6-15)24-20(26)12-3-9-17(10-4-12)25-21(27)18-13-1-2-14(11-13)19(18)22(25)28/h5-8,12-14,17-19H,1-4,9-11H2,(H,24,26)/t12?,13-,14-,17?,18-,19+/m0/s1. The van der Waals surface area contributed by atoms with Gasteiger partial charge < -0.3 is 5.32 Å². The molecule has 1 saturated heterocycles. The maximum atomic E-state index is 13.0. The van der Waals surface area contributed by atoms with Crippen molar-refractivity contribution in [3.63, 3.8) is 0 Å². The van der Waals surface area contributed by atoms with Gasteiger partial charge in [0.1, 0.15) is 0 Å². The number of carbonyl (C=O) groups excluding carboxylic acids is 3. The van der Waals surface area contributed by atoms with Gasteiger partial charge in [0.2, 0.25) is 17.7 Å². The van der Waals surface area contributed by atoms with Crippen molar-refractivity contribution in [2.75, 3.05) is 5.32 Å². The summed E-state index contributed by atoms with van der Waals surface area (Å²) >= 11 is 5.88. The molecule has 0 unspecified atom stereocenters. The van der Waals surface area contributed by atoms with Crippen molar-refractivity contribution in [2.24, 2.45) is 29.6 Å². The Balaban J connectivity index is 1.20. The number of rotatable bonds is 3. The monoisotopic (exact) mass is 400 g/mol. The number of carbonyl (C=O) groups is 3. The fraction of sp³-hybridized carbons (Fsp3) is 0.591. The smallest absolute Gasteiger partial charge is 0.233 e. The Morgan fingerprint density at radius 3 is 2.04 bits per heavy atom. The van der Waals surface area contributed by atoms with Gasteiger partial charge in [-0.25, -0.2) is 0 Å². The average molecular weight is 401 g/mol. The van der Waals surface area contributed by atoms with Crippen LogP contribution in [0.25, 0.3) is 0 Å². The zero-order chi connectivity index (χ0) is 19.4. The van der Waals surface area contributed by atoms with Gasteiger partial charge in [-0.3, -0.25) is 19.3 Å². The molecule has 1 aromatic carbocycles. The lowest BCUT2D eigenvalue weighted by Crippen LogP contribution is -2.44. The lowest BCUT2D eigenvalue weighted by molar-refractivity contribution is -0.144. The molecule has 1 heterocycles. The molecular formula is C22H25ClN2O3. The Kier molecular flexibility index (Phi) is 4.46. The Labute approximate surface area is 169 Å². The molecule has 1 N–H and O–H groups in total. The van der Waals surface area contributed by atoms with E-state index in [1.54, 1.807) is 29.2 Å². The summed E-state index contributed by atoms with van der Waals surface area (Å²) in [7, 11) is 0. The Morgan fingerprint density at radius 2 is 1.46 bits per heavy atom. The summed E-state index contributed by atoms with van der Waals surface area (Å²) < 4.78 is 0. The molecule has 0 aromatic heterocycles. The van der Waals surface area contributed by atoms with E-state index >= 15 is 0 Å². The number of nitrogens with one attached hydrogen (secondary N) is 1. The molecule has 0 radical (unpaired) electrons. The highest BCUT2D eigenvalue weighted by Crippen LogP contribution is 2.56. The van der Waals surface area contributed by atoms with E-state index < -0.39 is 0 Å². The van der Waals surface area contributed by atoms with Gasteiger partial charge in [0.05, 0.1) is 11.8 Å². The molecule has 3 saturated carbocycles. The van der Waals surface area contributed by atoms with Crippen molar-refractivity contribution in [2.45, 2.75) is 51.0 Å². The molecule has 4 fully saturated rings. The topological polar surface area (TPSA) is 66.5 Å². The maximum absolute atomic E-state index is 13.0. The maximum Gasteiger partial charge on any atom is 0.233 e. The van der Waals surface area contributed by atoms with Gasteiger partial charge >= 0.3 is 0 Å². The number of benzene rings is 1. The number of halogens is 1. The average Bonchev–Trinajstić information content (AvgIpc) is 3.38. The normalized spacial score (nSPS) is 36.7. The van der Waals surface area contributed by atoms with Crippen LogP contribution in [0, 0.1) is 29.6 Å². The summed E-state index contributed by atoms with van der Waals surface area (Å²) in [5.41, 5.74) is 0.740. The summed E-state index contributed by atoms with van der Waals surface area (Å²) in [6, 6.07) is 7.07. The zero-order valence-corrected chi connectivity index (χ0v) is 16.5. The first-order valence-corrected chi connectivity index (χ1v) is 10.8. The van der Waals surface area contributed by atoms with E-state index in [1.165, 1.54) is 0 Å². The summed E-state index contributed by atoms with van der Waals surface area (Å²) in [5, 5.41) is 3.58. The van der Waals surface area contributed by atoms with Crippen LogP contribution in [0.3, 0.4) is 0 Å². The first kappa shape index (κ1) is 18.2. The van der Waals surface area contributed by atoms with Gasteiger partial charge in [-0.2, -0.15) is 0 Å². The minimum Gasteiger partial charge on any atom is -0.326 e. The van der Waals surface area contributed by atoms with Crippen molar-refractivity contribution < 1.29 is 14.4 Å². The molecule has 4 aliphatic rings. The number of amides is 3. The van der Waals surface area contributed by atoms with Gasteiger partial charge in [-0.1, -0.05) is 11.6 Å². The second-order valence-electron chi connectivity index (χ2n) is 8.93. The van der Waals surface area contributed by atoms with Crippen LogP contribution in [0.15, 0.2) is 24.3 Å². The Morgan fingerprint density at radius 1 is 0.893 bits per heavy atom. The molecule has 2 bridgehead atoms. The highest BCUT2D eigenvalue weighted by Gasteiger charge is 2.61. The molecular weight excluding hydrogens is 376 g/mol.